The molecule has 2 N–H and O–H groups in total. The first-order valence-electron chi connectivity index (χ1n) is 7.25. The largest absolute Gasteiger partial charge is 0.480 e. The molecule has 1 fully saturated rings. The number of benzene rings is 1. The first-order valence-corrected chi connectivity index (χ1v) is 7.25. The van der Waals surface area contributed by atoms with Gasteiger partial charge in [0.2, 0.25) is 5.91 Å². The van der Waals surface area contributed by atoms with Crippen LogP contribution in [0.5, 0.6) is 0 Å². The lowest BCUT2D eigenvalue weighted by atomic mass is 9.68. The number of rotatable bonds is 4. The molecule has 0 spiro atoms. The molecule has 0 unspecified atom stereocenters. The van der Waals surface area contributed by atoms with E-state index in [9.17, 15) is 14.0 Å². The van der Waals surface area contributed by atoms with Crippen LogP contribution in [-0.4, -0.2) is 23.0 Å². The van der Waals surface area contributed by atoms with Crippen LogP contribution in [0.1, 0.15) is 44.6 Å². The van der Waals surface area contributed by atoms with Gasteiger partial charge in [-0.05, 0) is 37.5 Å². The van der Waals surface area contributed by atoms with Gasteiger partial charge in [-0.25, -0.2) is 4.39 Å². The number of carboxylic acids is 1. The van der Waals surface area contributed by atoms with Crippen molar-refractivity contribution in [2.75, 3.05) is 0 Å². The molecule has 21 heavy (non-hydrogen) atoms. The molecule has 1 aromatic rings. The topological polar surface area (TPSA) is 66.4 Å². The maximum absolute atomic E-state index is 13.5. The predicted molar refractivity (Wildman–Crippen MR) is 76.4 cm³/mol. The molecular formula is C16H20FNO3. The van der Waals surface area contributed by atoms with Crippen LogP contribution >= 0.6 is 0 Å². The summed E-state index contributed by atoms with van der Waals surface area (Å²) in [5, 5.41) is 11.5. The molecule has 1 amide bonds. The van der Waals surface area contributed by atoms with E-state index in [0.29, 0.717) is 18.4 Å². The number of carbonyl (C=O) groups is 2. The van der Waals surface area contributed by atoms with Gasteiger partial charge in [-0.3, -0.25) is 9.59 Å². The Bertz CT molecular complexity index is 538. The van der Waals surface area contributed by atoms with E-state index >= 15 is 0 Å². The summed E-state index contributed by atoms with van der Waals surface area (Å²) in [7, 11) is 0. The van der Waals surface area contributed by atoms with Gasteiger partial charge in [0.15, 0.2) is 0 Å². The zero-order valence-corrected chi connectivity index (χ0v) is 12.1. The van der Waals surface area contributed by atoms with Crippen LogP contribution in [-0.2, 0) is 15.0 Å². The van der Waals surface area contributed by atoms with E-state index in [2.05, 4.69) is 5.32 Å². The maximum Gasteiger partial charge on any atom is 0.325 e. The fourth-order valence-electron chi connectivity index (χ4n) is 2.98. The third-order valence-corrected chi connectivity index (χ3v) is 4.24. The SMILES string of the molecule is C[C@@H](NC(=O)C1(c2cccc(F)c2)CCCCC1)C(=O)O. The van der Waals surface area contributed by atoms with Gasteiger partial charge < -0.3 is 10.4 Å². The third-order valence-electron chi connectivity index (χ3n) is 4.24. The average molecular weight is 293 g/mol. The Labute approximate surface area is 123 Å². The normalized spacial score (nSPS) is 18.8. The molecular weight excluding hydrogens is 273 g/mol. The van der Waals surface area contributed by atoms with Gasteiger partial charge in [-0.2, -0.15) is 0 Å². The van der Waals surface area contributed by atoms with Crippen LogP contribution in [0.4, 0.5) is 4.39 Å². The van der Waals surface area contributed by atoms with Crippen molar-refractivity contribution in [2.45, 2.75) is 50.5 Å². The number of nitrogens with one attached hydrogen (secondary N) is 1. The van der Waals surface area contributed by atoms with E-state index in [1.807, 2.05) is 0 Å². The summed E-state index contributed by atoms with van der Waals surface area (Å²) in [5.41, 5.74) is -0.179. The van der Waals surface area contributed by atoms with Crippen LogP contribution in [0.2, 0.25) is 0 Å². The summed E-state index contributed by atoms with van der Waals surface area (Å²) in [6.45, 7) is 1.43. The van der Waals surface area contributed by atoms with Crippen molar-refractivity contribution in [3.05, 3.63) is 35.6 Å². The Morgan fingerprint density at radius 1 is 1.29 bits per heavy atom. The predicted octanol–water partition coefficient (Wildman–Crippen LogP) is 2.62. The molecule has 1 aromatic carbocycles. The molecule has 1 aliphatic rings. The van der Waals surface area contributed by atoms with Crippen LogP contribution in [0.25, 0.3) is 0 Å². The minimum Gasteiger partial charge on any atom is -0.480 e. The molecule has 1 atom stereocenters. The molecule has 2 rings (SSSR count). The second-order valence-electron chi connectivity index (χ2n) is 5.69. The van der Waals surface area contributed by atoms with E-state index < -0.39 is 17.4 Å². The molecule has 5 heteroatoms. The van der Waals surface area contributed by atoms with Gasteiger partial charge in [0.1, 0.15) is 11.9 Å². The maximum atomic E-state index is 13.5. The Hall–Kier alpha value is -1.91. The van der Waals surface area contributed by atoms with Gasteiger partial charge >= 0.3 is 5.97 Å². The van der Waals surface area contributed by atoms with Crippen molar-refractivity contribution in [3.63, 3.8) is 0 Å². The van der Waals surface area contributed by atoms with Crippen molar-refractivity contribution in [1.29, 1.82) is 0 Å². The minimum atomic E-state index is -1.08. The molecule has 0 heterocycles. The zero-order chi connectivity index (χ0) is 15.5. The molecule has 1 saturated carbocycles. The first-order chi connectivity index (χ1) is 9.95. The van der Waals surface area contributed by atoms with Crippen molar-refractivity contribution in [2.24, 2.45) is 0 Å². The van der Waals surface area contributed by atoms with Crippen molar-refractivity contribution < 1.29 is 19.1 Å². The van der Waals surface area contributed by atoms with Crippen LogP contribution in [0, 0.1) is 5.82 Å². The van der Waals surface area contributed by atoms with Gasteiger partial charge in [0.25, 0.3) is 0 Å². The zero-order valence-electron chi connectivity index (χ0n) is 12.1. The molecule has 0 saturated heterocycles. The highest BCUT2D eigenvalue weighted by atomic mass is 19.1. The molecule has 0 aliphatic heterocycles. The first kappa shape index (κ1) is 15.5. The van der Waals surface area contributed by atoms with E-state index in [1.54, 1.807) is 12.1 Å². The fourth-order valence-corrected chi connectivity index (χ4v) is 2.98. The number of carboxylic acid groups (broad SMARTS) is 1. The highest BCUT2D eigenvalue weighted by molar-refractivity contribution is 5.91. The molecule has 0 bridgehead atoms. The second kappa shape index (κ2) is 6.24. The Morgan fingerprint density at radius 2 is 1.95 bits per heavy atom. The Morgan fingerprint density at radius 3 is 2.52 bits per heavy atom. The van der Waals surface area contributed by atoms with E-state index in [0.717, 1.165) is 19.3 Å². The second-order valence-corrected chi connectivity index (χ2v) is 5.69. The summed E-state index contributed by atoms with van der Waals surface area (Å²) in [6, 6.07) is 5.12. The summed E-state index contributed by atoms with van der Waals surface area (Å²) in [6.07, 6.45) is 4.04. The monoisotopic (exact) mass is 293 g/mol. The van der Waals surface area contributed by atoms with Crippen molar-refractivity contribution >= 4 is 11.9 Å². The molecule has 0 aromatic heterocycles. The lowest BCUT2D eigenvalue weighted by Crippen LogP contribution is -2.50. The Balaban J connectivity index is 2.33. The molecule has 1 aliphatic carbocycles. The highest BCUT2D eigenvalue weighted by Gasteiger charge is 2.42. The van der Waals surface area contributed by atoms with E-state index in [4.69, 9.17) is 5.11 Å². The van der Waals surface area contributed by atoms with Crippen molar-refractivity contribution in [1.82, 2.24) is 5.32 Å². The average Bonchev–Trinajstić information content (AvgIpc) is 2.47. The highest BCUT2D eigenvalue weighted by Crippen LogP contribution is 2.40. The number of halogens is 1. The molecule has 114 valence electrons. The number of hydrogen-bond donors (Lipinski definition) is 2. The molecule has 0 radical (unpaired) electrons. The van der Waals surface area contributed by atoms with Crippen molar-refractivity contribution in [3.8, 4) is 0 Å². The number of carbonyl (C=O) groups excluding carboxylic acids is 1. The number of amides is 1. The third kappa shape index (κ3) is 3.23. The number of aliphatic carboxylic acids is 1. The van der Waals surface area contributed by atoms with Crippen LogP contribution < -0.4 is 5.32 Å². The summed E-state index contributed by atoms with van der Waals surface area (Å²) in [5.74, 6) is -1.77. The van der Waals surface area contributed by atoms with E-state index in [1.165, 1.54) is 19.1 Å². The smallest absolute Gasteiger partial charge is 0.325 e. The van der Waals surface area contributed by atoms with Crippen LogP contribution in [0.3, 0.4) is 0 Å². The minimum absolute atomic E-state index is 0.317. The summed E-state index contributed by atoms with van der Waals surface area (Å²) >= 11 is 0. The van der Waals surface area contributed by atoms with Gasteiger partial charge in [0.05, 0.1) is 5.41 Å². The fraction of sp³-hybridized carbons (Fsp3) is 0.500. The molecule has 4 nitrogen and oxygen atoms in total. The van der Waals surface area contributed by atoms with Gasteiger partial charge in [-0.15, -0.1) is 0 Å². The lowest BCUT2D eigenvalue weighted by molar-refractivity contribution is -0.142. The summed E-state index contributed by atoms with van der Waals surface area (Å²) < 4.78 is 13.5. The lowest BCUT2D eigenvalue weighted by Gasteiger charge is -2.37. The quantitative estimate of drug-likeness (QED) is 0.896. The van der Waals surface area contributed by atoms with Gasteiger partial charge in [0, 0.05) is 0 Å². The summed E-state index contributed by atoms with van der Waals surface area (Å²) in [4.78, 5) is 23.6. The van der Waals surface area contributed by atoms with Gasteiger partial charge in [-0.1, -0.05) is 31.4 Å². The van der Waals surface area contributed by atoms with E-state index in [-0.39, 0.29) is 11.7 Å². The number of hydrogen-bond acceptors (Lipinski definition) is 2. The standard InChI is InChI=1S/C16H20FNO3/c1-11(14(19)20)18-15(21)16(8-3-2-4-9-16)12-6-5-7-13(17)10-12/h5-7,10-11H,2-4,8-9H2,1H3,(H,18,21)(H,19,20)/t11-/m1/s1. The Kier molecular flexibility index (Phi) is 4.60. The van der Waals surface area contributed by atoms with Crippen LogP contribution in [0.15, 0.2) is 24.3 Å².